The molecule has 2 aliphatic heterocycles. The van der Waals surface area contributed by atoms with Crippen LogP contribution in [0.1, 0.15) is 28.3 Å². The summed E-state index contributed by atoms with van der Waals surface area (Å²) >= 11 is 3.67. The average Bonchev–Trinajstić information content (AvgIpc) is 3.25. The molecule has 0 spiro atoms. The Labute approximate surface area is 144 Å². The number of thioether (sulfide) groups is 1. The van der Waals surface area contributed by atoms with Crippen LogP contribution in [0, 0.1) is 6.92 Å². The van der Waals surface area contributed by atoms with Gasteiger partial charge in [-0.15, -0.1) is 11.3 Å². The summed E-state index contributed by atoms with van der Waals surface area (Å²) in [5.74, 6) is 3.54. The van der Waals surface area contributed by atoms with Crippen molar-refractivity contribution in [2.45, 2.75) is 19.8 Å². The van der Waals surface area contributed by atoms with Crippen molar-refractivity contribution < 1.29 is 4.79 Å². The number of aromatic nitrogens is 2. The maximum atomic E-state index is 12.7. The summed E-state index contributed by atoms with van der Waals surface area (Å²) in [5, 5.41) is 3.18. The molecule has 2 aromatic rings. The van der Waals surface area contributed by atoms with Gasteiger partial charge in [0.05, 0.1) is 10.9 Å². The molecule has 0 saturated carbocycles. The lowest BCUT2D eigenvalue weighted by Crippen LogP contribution is -2.35. The van der Waals surface area contributed by atoms with Crippen LogP contribution in [0.25, 0.3) is 10.9 Å². The van der Waals surface area contributed by atoms with Gasteiger partial charge in [0.2, 0.25) is 5.82 Å². The molecule has 2 aliphatic rings. The van der Waals surface area contributed by atoms with E-state index in [9.17, 15) is 4.79 Å². The molecule has 4 heterocycles. The van der Waals surface area contributed by atoms with Crippen molar-refractivity contribution in [2.24, 2.45) is 0 Å². The molecule has 1 amide bonds. The summed E-state index contributed by atoms with van der Waals surface area (Å²) in [4.78, 5) is 27.4. The Balaban J connectivity index is 1.78. The fourth-order valence-corrected chi connectivity index (χ4v) is 4.93. The van der Waals surface area contributed by atoms with Gasteiger partial charge >= 0.3 is 0 Å². The second-order valence-electron chi connectivity index (χ2n) is 6.02. The Bertz CT molecular complexity index is 733. The summed E-state index contributed by atoms with van der Waals surface area (Å²) in [7, 11) is 0. The molecule has 0 N–H and O–H groups in total. The molecular formula is C16H20N4OS2. The number of anilines is 1. The molecule has 0 atom stereocenters. The number of carbonyl (C=O) groups is 1. The van der Waals surface area contributed by atoms with Crippen molar-refractivity contribution in [2.75, 3.05) is 42.6 Å². The van der Waals surface area contributed by atoms with E-state index in [2.05, 4.69) is 22.2 Å². The first-order valence-corrected chi connectivity index (χ1v) is 10.2. The maximum Gasteiger partial charge on any atom is 0.291 e. The van der Waals surface area contributed by atoms with E-state index >= 15 is 0 Å². The molecule has 0 unspecified atom stereocenters. The zero-order chi connectivity index (χ0) is 15.8. The van der Waals surface area contributed by atoms with Gasteiger partial charge in [0, 0.05) is 47.9 Å². The monoisotopic (exact) mass is 348 g/mol. The third-order valence-corrected chi connectivity index (χ3v) is 6.35. The molecule has 2 fully saturated rings. The number of nitrogens with zero attached hydrogens (tertiary/aromatic N) is 4. The normalized spacial score (nSPS) is 18.8. The Morgan fingerprint density at radius 2 is 1.87 bits per heavy atom. The lowest BCUT2D eigenvalue weighted by molar-refractivity contribution is 0.0781. The number of aryl methyl sites for hydroxylation is 1. The molecule has 7 heteroatoms. The van der Waals surface area contributed by atoms with E-state index in [-0.39, 0.29) is 5.91 Å². The highest BCUT2D eigenvalue weighted by Crippen LogP contribution is 2.33. The Morgan fingerprint density at radius 1 is 1.13 bits per heavy atom. The third-order valence-electron chi connectivity index (χ3n) is 4.51. The van der Waals surface area contributed by atoms with Gasteiger partial charge in [0.1, 0.15) is 5.82 Å². The summed E-state index contributed by atoms with van der Waals surface area (Å²) in [6.45, 7) is 5.75. The van der Waals surface area contributed by atoms with Crippen LogP contribution in [-0.4, -0.2) is 58.5 Å². The Morgan fingerprint density at radius 3 is 2.61 bits per heavy atom. The van der Waals surface area contributed by atoms with Gasteiger partial charge in [-0.1, -0.05) is 0 Å². The smallest absolute Gasteiger partial charge is 0.291 e. The third kappa shape index (κ3) is 2.80. The zero-order valence-electron chi connectivity index (χ0n) is 13.2. The van der Waals surface area contributed by atoms with Crippen LogP contribution in [0.15, 0.2) is 5.38 Å². The molecular weight excluding hydrogens is 328 g/mol. The predicted octanol–water partition coefficient (Wildman–Crippen LogP) is 2.79. The second-order valence-corrected chi connectivity index (χ2v) is 8.33. The van der Waals surface area contributed by atoms with E-state index < -0.39 is 0 Å². The molecule has 0 aliphatic carbocycles. The van der Waals surface area contributed by atoms with Crippen molar-refractivity contribution in [3.8, 4) is 0 Å². The van der Waals surface area contributed by atoms with Gasteiger partial charge in [-0.2, -0.15) is 11.8 Å². The van der Waals surface area contributed by atoms with Crippen LogP contribution in [0.5, 0.6) is 0 Å². The highest BCUT2D eigenvalue weighted by atomic mass is 32.2. The number of carbonyl (C=O) groups excluding carboxylic acids is 1. The van der Waals surface area contributed by atoms with Gasteiger partial charge in [0.25, 0.3) is 5.91 Å². The van der Waals surface area contributed by atoms with Crippen LogP contribution >= 0.6 is 23.1 Å². The quantitative estimate of drug-likeness (QED) is 0.835. The lowest BCUT2D eigenvalue weighted by Gasteiger charge is -2.28. The average molecular weight is 348 g/mol. The van der Waals surface area contributed by atoms with Crippen molar-refractivity contribution in [1.29, 1.82) is 0 Å². The number of hydrogen-bond acceptors (Lipinski definition) is 6. The molecule has 4 rings (SSSR count). The van der Waals surface area contributed by atoms with E-state index in [0.29, 0.717) is 5.82 Å². The molecule has 122 valence electrons. The number of rotatable bonds is 2. The topological polar surface area (TPSA) is 49.3 Å². The van der Waals surface area contributed by atoms with E-state index in [0.717, 1.165) is 67.2 Å². The zero-order valence-corrected chi connectivity index (χ0v) is 14.9. The first-order valence-electron chi connectivity index (χ1n) is 8.12. The second kappa shape index (κ2) is 6.28. The summed E-state index contributed by atoms with van der Waals surface area (Å²) in [5.41, 5.74) is 0.915. The Hall–Kier alpha value is -1.34. The van der Waals surface area contributed by atoms with E-state index in [1.807, 2.05) is 16.7 Å². The fourth-order valence-electron chi connectivity index (χ4n) is 3.25. The van der Waals surface area contributed by atoms with Crippen LogP contribution < -0.4 is 4.90 Å². The van der Waals surface area contributed by atoms with Crippen LogP contribution in [0.3, 0.4) is 0 Å². The van der Waals surface area contributed by atoms with Crippen LogP contribution in [0.4, 0.5) is 5.82 Å². The van der Waals surface area contributed by atoms with Crippen LogP contribution in [-0.2, 0) is 0 Å². The first-order chi connectivity index (χ1) is 11.2. The summed E-state index contributed by atoms with van der Waals surface area (Å²) in [6.07, 6.45) is 2.17. The number of thiophene rings is 1. The number of likely N-dealkylation sites (tertiary alicyclic amines) is 1. The van der Waals surface area contributed by atoms with Gasteiger partial charge in [-0.25, -0.2) is 9.97 Å². The minimum Gasteiger partial charge on any atom is -0.354 e. The predicted molar refractivity (Wildman–Crippen MR) is 96.8 cm³/mol. The lowest BCUT2D eigenvalue weighted by atomic mass is 10.2. The number of hydrogen-bond donors (Lipinski definition) is 0. The van der Waals surface area contributed by atoms with Gasteiger partial charge in [0.15, 0.2) is 0 Å². The molecule has 0 bridgehead atoms. The number of fused-ring (bicyclic) bond motifs is 1. The fraction of sp³-hybridized carbons (Fsp3) is 0.562. The van der Waals surface area contributed by atoms with Gasteiger partial charge < -0.3 is 9.80 Å². The van der Waals surface area contributed by atoms with E-state index in [1.165, 1.54) is 4.88 Å². The minimum atomic E-state index is -0.0131. The van der Waals surface area contributed by atoms with Crippen molar-refractivity contribution in [1.82, 2.24) is 14.9 Å². The minimum absolute atomic E-state index is 0.0131. The molecule has 23 heavy (non-hydrogen) atoms. The molecule has 0 radical (unpaired) electrons. The molecule has 2 aromatic heterocycles. The maximum absolute atomic E-state index is 12.7. The van der Waals surface area contributed by atoms with Crippen LogP contribution in [0.2, 0.25) is 0 Å². The summed E-state index contributed by atoms with van der Waals surface area (Å²) in [6, 6.07) is 0. The largest absolute Gasteiger partial charge is 0.354 e. The Kier molecular flexibility index (Phi) is 4.15. The van der Waals surface area contributed by atoms with Crippen molar-refractivity contribution in [3.05, 3.63) is 16.1 Å². The summed E-state index contributed by atoms with van der Waals surface area (Å²) < 4.78 is 0. The number of amides is 1. The highest BCUT2D eigenvalue weighted by molar-refractivity contribution is 7.99. The SMILES string of the molecule is Cc1scc2nc(C(=O)N3CCCC3)nc(N3CCSCC3)c12. The highest BCUT2D eigenvalue weighted by Gasteiger charge is 2.25. The van der Waals surface area contributed by atoms with E-state index in [4.69, 9.17) is 4.98 Å². The van der Waals surface area contributed by atoms with Gasteiger partial charge in [-0.3, -0.25) is 4.79 Å². The van der Waals surface area contributed by atoms with Crippen molar-refractivity contribution >= 4 is 45.7 Å². The first kappa shape index (κ1) is 15.2. The molecule has 2 saturated heterocycles. The van der Waals surface area contributed by atoms with Gasteiger partial charge in [-0.05, 0) is 19.8 Å². The molecule has 0 aromatic carbocycles. The molecule has 5 nitrogen and oxygen atoms in total. The van der Waals surface area contributed by atoms with Crippen molar-refractivity contribution in [3.63, 3.8) is 0 Å². The van der Waals surface area contributed by atoms with E-state index in [1.54, 1.807) is 11.3 Å². The standard InChI is InChI=1S/C16H20N4OS2/c1-11-13-12(10-23-11)17-14(16(21)20-4-2-3-5-20)18-15(13)19-6-8-22-9-7-19/h10H,2-9H2,1H3.